The van der Waals surface area contributed by atoms with E-state index in [-0.39, 0.29) is 11.8 Å². The van der Waals surface area contributed by atoms with Crippen LogP contribution in [0.25, 0.3) is 0 Å². The van der Waals surface area contributed by atoms with Crippen LogP contribution in [0.2, 0.25) is 0 Å². The number of unbranched alkanes of at least 4 members (excludes halogenated alkanes) is 2. The topological polar surface area (TPSA) is 81.1 Å². The molecule has 0 heterocycles. The van der Waals surface area contributed by atoms with Crippen molar-refractivity contribution in [3.05, 3.63) is 53.6 Å². The average Bonchev–Trinajstić information content (AvgIpc) is 2.88. The number of hydrogen-bond donors (Lipinski definition) is 1. The van der Waals surface area contributed by atoms with E-state index in [1.165, 1.54) is 0 Å². The second kappa shape index (κ2) is 15.6. The van der Waals surface area contributed by atoms with E-state index in [1.54, 1.807) is 13.2 Å². The molecule has 0 unspecified atom stereocenters. The molecule has 0 aliphatic heterocycles. The van der Waals surface area contributed by atoms with Crippen LogP contribution in [0.1, 0.15) is 68.8 Å². The van der Waals surface area contributed by atoms with E-state index < -0.39 is 0 Å². The summed E-state index contributed by atoms with van der Waals surface area (Å²) < 4.78 is 22.4. The molecule has 0 saturated carbocycles. The van der Waals surface area contributed by atoms with Crippen molar-refractivity contribution in [2.45, 2.75) is 52.9 Å². The Hall–Kier alpha value is -3.22. The van der Waals surface area contributed by atoms with Crippen LogP contribution in [-0.2, 0) is 4.74 Å². The van der Waals surface area contributed by atoms with Crippen molar-refractivity contribution in [3.63, 3.8) is 0 Å². The predicted molar refractivity (Wildman–Crippen MR) is 139 cm³/mol. The quantitative estimate of drug-likeness (QED) is 0.181. The zero-order valence-corrected chi connectivity index (χ0v) is 21.6. The molecule has 35 heavy (non-hydrogen) atoms. The van der Waals surface area contributed by atoms with Crippen LogP contribution in [0.15, 0.2) is 42.5 Å². The monoisotopic (exact) mass is 484 g/mol. The fourth-order valence-corrected chi connectivity index (χ4v) is 3.64. The fourth-order valence-electron chi connectivity index (χ4n) is 3.64. The number of hydrogen-bond acceptors (Lipinski definition) is 6. The van der Waals surface area contributed by atoms with E-state index in [9.17, 15) is 4.79 Å². The first kappa shape index (κ1) is 28.0. The summed E-state index contributed by atoms with van der Waals surface area (Å²) in [6.07, 6.45) is 4.63. The third-order valence-corrected chi connectivity index (χ3v) is 5.40. The summed E-state index contributed by atoms with van der Waals surface area (Å²) in [5, 5.41) is 7.80. The Balaban J connectivity index is 1.74. The predicted octanol–water partition coefficient (Wildman–Crippen LogP) is 5.95. The molecule has 0 bridgehead atoms. The molecule has 0 saturated heterocycles. The molecule has 192 valence electrons. The van der Waals surface area contributed by atoms with Crippen LogP contribution in [0.3, 0.4) is 0 Å². The normalized spacial score (nSPS) is 10.5. The van der Waals surface area contributed by atoms with Gasteiger partial charge in [0, 0.05) is 24.2 Å². The number of carbonyl (C=O) groups excluding carboxylic acids is 1. The first-order valence-corrected chi connectivity index (χ1v) is 12.6. The van der Waals surface area contributed by atoms with Gasteiger partial charge in [0.1, 0.15) is 5.75 Å². The lowest BCUT2D eigenvalue weighted by Crippen LogP contribution is -2.32. The molecule has 0 spiro atoms. The molecule has 0 radical (unpaired) electrons. The SMILES string of the molecule is CCCN(CCC)C(=O)c1ccc(OCCCCCOc2ccc(C(=N)OCC)cc2)c(OC)c1. The molecule has 0 aliphatic carbocycles. The van der Waals surface area contributed by atoms with E-state index in [2.05, 4.69) is 13.8 Å². The maximum atomic E-state index is 12.8. The van der Waals surface area contributed by atoms with Gasteiger partial charge >= 0.3 is 0 Å². The fraction of sp³-hybridized carbons (Fsp3) is 0.500. The second-order valence-corrected chi connectivity index (χ2v) is 8.20. The Morgan fingerprint density at radius 1 is 0.829 bits per heavy atom. The minimum Gasteiger partial charge on any atom is -0.494 e. The van der Waals surface area contributed by atoms with Crippen LogP contribution in [0.4, 0.5) is 0 Å². The van der Waals surface area contributed by atoms with Crippen LogP contribution >= 0.6 is 0 Å². The Morgan fingerprint density at radius 2 is 1.46 bits per heavy atom. The average molecular weight is 485 g/mol. The molecule has 2 rings (SSSR count). The van der Waals surface area contributed by atoms with Gasteiger partial charge in [-0.15, -0.1) is 0 Å². The van der Waals surface area contributed by atoms with Gasteiger partial charge in [-0.3, -0.25) is 10.2 Å². The minimum absolute atomic E-state index is 0.0285. The molecule has 7 nitrogen and oxygen atoms in total. The Morgan fingerprint density at radius 3 is 2.06 bits per heavy atom. The van der Waals surface area contributed by atoms with Crippen LogP contribution in [0.5, 0.6) is 17.2 Å². The van der Waals surface area contributed by atoms with E-state index in [4.69, 9.17) is 24.4 Å². The van der Waals surface area contributed by atoms with Crippen molar-refractivity contribution in [1.82, 2.24) is 4.90 Å². The van der Waals surface area contributed by atoms with E-state index in [1.807, 2.05) is 48.2 Å². The summed E-state index contributed by atoms with van der Waals surface area (Å²) in [7, 11) is 1.59. The first-order valence-electron chi connectivity index (χ1n) is 12.6. The van der Waals surface area contributed by atoms with Gasteiger partial charge in [-0.05, 0) is 81.5 Å². The zero-order valence-electron chi connectivity index (χ0n) is 21.6. The summed E-state index contributed by atoms with van der Waals surface area (Å²) in [5.74, 6) is 2.21. The van der Waals surface area contributed by atoms with Gasteiger partial charge in [-0.25, -0.2) is 0 Å². The van der Waals surface area contributed by atoms with Crippen molar-refractivity contribution >= 4 is 11.8 Å². The lowest BCUT2D eigenvalue weighted by atomic mass is 10.1. The highest BCUT2D eigenvalue weighted by Crippen LogP contribution is 2.29. The number of ether oxygens (including phenoxy) is 4. The molecular weight excluding hydrogens is 444 g/mol. The van der Waals surface area contributed by atoms with Crippen LogP contribution in [-0.4, -0.2) is 56.7 Å². The maximum absolute atomic E-state index is 12.8. The lowest BCUT2D eigenvalue weighted by Gasteiger charge is -2.22. The summed E-state index contributed by atoms with van der Waals surface area (Å²) in [6.45, 7) is 9.19. The Labute approximate surface area is 209 Å². The van der Waals surface area contributed by atoms with Gasteiger partial charge in [0.15, 0.2) is 11.5 Å². The summed E-state index contributed by atoms with van der Waals surface area (Å²) in [5.41, 5.74) is 1.36. The molecule has 2 aromatic carbocycles. The number of rotatable bonds is 16. The van der Waals surface area contributed by atoms with E-state index >= 15 is 0 Å². The van der Waals surface area contributed by atoms with Gasteiger partial charge in [-0.1, -0.05) is 13.8 Å². The molecule has 0 aliphatic rings. The largest absolute Gasteiger partial charge is 0.494 e. The lowest BCUT2D eigenvalue weighted by molar-refractivity contribution is 0.0755. The van der Waals surface area contributed by atoms with E-state index in [0.29, 0.717) is 36.9 Å². The number of methoxy groups -OCH3 is 1. The zero-order chi connectivity index (χ0) is 25.5. The summed E-state index contributed by atoms with van der Waals surface area (Å²) >= 11 is 0. The Bertz CT molecular complexity index is 908. The van der Waals surface area contributed by atoms with Gasteiger partial charge in [0.05, 0.1) is 26.9 Å². The van der Waals surface area contributed by atoms with Crippen molar-refractivity contribution in [2.24, 2.45) is 0 Å². The number of nitrogens with zero attached hydrogens (tertiary/aromatic N) is 1. The third-order valence-electron chi connectivity index (χ3n) is 5.40. The van der Waals surface area contributed by atoms with Gasteiger partial charge < -0.3 is 23.8 Å². The van der Waals surface area contributed by atoms with E-state index in [0.717, 1.165) is 56.5 Å². The van der Waals surface area contributed by atoms with Gasteiger partial charge in [0.2, 0.25) is 5.90 Å². The molecule has 0 atom stereocenters. The van der Waals surface area contributed by atoms with Gasteiger partial charge in [-0.2, -0.15) is 0 Å². The summed E-state index contributed by atoms with van der Waals surface area (Å²) in [4.78, 5) is 14.7. The minimum atomic E-state index is 0.0285. The number of nitrogens with one attached hydrogen (secondary N) is 1. The highest BCUT2D eigenvalue weighted by Gasteiger charge is 2.16. The molecule has 7 heteroatoms. The first-order chi connectivity index (χ1) is 17.0. The molecule has 0 aromatic heterocycles. The standard InChI is InChI=1S/C28H40N2O5/c1-5-17-30(18-6-2)28(31)23-13-16-25(26(21-23)32-4)35-20-10-8-9-19-34-24-14-11-22(12-15-24)27(29)33-7-3/h11-16,21,29H,5-10,17-20H2,1-4H3. The maximum Gasteiger partial charge on any atom is 0.253 e. The van der Waals surface area contributed by atoms with Crippen molar-refractivity contribution in [2.75, 3.05) is 40.0 Å². The van der Waals surface area contributed by atoms with Crippen LogP contribution in [0, 0.1) is 5.41 Å². The third kappa shape index (κ3) is 9.15. The summed E-state index contributed by atoms with van der Waals surface area (Å²) in [6, 6.07) is 12.8. The van der Waals surface area contributed by atoms with Crippen molar-refractivity contribution in [1.29, 1.82) is 5.41 Å². The highest BCUT2D eigenvalue weighted by molar-refractivity contribution is 5.95. The number of benzene rings is 2. The molecule has 1 amide bonds. The number of amides is 1. The molecular formula is C28H40N2O5. The van der Waals surface area contributed by atoms with Gasteiger partial charge in [0.25, 0.3) is 5.91 Å². The molecule has 2 aromatic rings. The van der Waals surface area contributed by atoms with Crippen molar-refractivity contribution < 1.29 is 23.7 Å². The Kier molecular flexibility index (Phi) is 12.5. The smallest absolute Gasteiger partial charge is 0.253 e. The highest BCUT2D eigenvalue weighted by atomic mass is 16.5. The second-order valence-electron chi connectivity index (χ2n) is 8.20. The van der Waals surface area contributed by atoms with Crippen molar-refractivity contribution in [3.8, 4) is 17.2 Å². The molecule has 1 N–H and O–H groups in total. The molecule has 0 fully saturated rings. The number of carbonyl (C=O) groups is 1. The van der Waals surface area contributed by atoms with Crippen LogP contribution < -0.4 is 14.2 Å².